The van der Waals surface area contributed by atoms with Crippen molar-refractivity contribution in [2.45, 2.75) is 11.8 Å². The second-order valence-electron chi connectivity index (χ2n) is 3.50. The minimum absolute atomic E-state index is 0.162. The highest BCUT2D eigenvalue weighted by molar-refractivity contribution is 9.10. The Balaban J connectivity index is 2.56. The van der Waals surface area contributed by atoms with Gasteiger partial charge in [0.25, 0.3) is 5.91 Å². The van der Waals surface area contributed by atoms with E-state index in [2.05, 4.69) is 31.1 Å². The molecular weight excluding hydrogens is 290 g/mol. The Morgan fingerprint density at radius 2 is 2.29 bits per heavy atom. The van der Waals surface area contributed by atoms with Gasteiger partial charge in [0.15, 0.2) is 0 Å². The van der Waals surface area contributed by atoms with Crippen LogP contribution in [0.4, 0.5) is 0 Å². The number of amides is 1. The fourth-order valence-electron chi connectivity index (χ4n) is 1.31. The highest BCUT2D eigenvalue weighted by Gasteiger charge is 2.18. The van der Waals surface area contributed by atoms with Crippen LogP contribution in [-0.4, -0.2) is 40.1 Å². The van der Waals surface area contributed by atoms with Gasteiger partial charge in [0, 0.05) is 13.6 Å². The molecule has 1 unspecified atom stereocenters. The monoisotopic (exact) mass is 303 g/mol. The van der Waals surface area contributed by atoms with Crippen LogP contribution >= 0.6 is 15.9 Å². The van der Waals surface area contributed by atoms with Crippen molar-refractivity contribution < 1.29 is 14.3 Å². The third kappa shape index (κ3) is 3.55. The standard InChI is InChI=1S/C10H14BrN3O3/c1-6-4-8(14(2)13-6)9(15)12-5-7(11)10(16)17-3/h4,7H,5H2,1-3H3,(H,12,15). The van der Waals surface area contributed by atoms with Gasteiger partial charge in [-0.2, -0.15) is 5.10 Å². The lowest BCUT2D eigenvalue weighted by molar-refractivity contribution is -0.139. The van der Waals surface area contributed by atoms with Crippen molar-refractivity contribution in [3.05, 3.63) is 17.5 Å². The Labute approximate surface area is 107 Å². The summed E-state index contributed by atoms with van der Waals surface area (Å²) in [4.78, 5) is 22.3. The first-order valence-corrected chi connectivity index (χ1v) is 5.88. The normalized spacial score (nSPS) is 12.0. The van der Waals surface area contributed by atoms with E-state index in [0.717, 1.165) is 5.69 Å². The first kappa shape index (κ1) is 13.7. The molecule has 0 aliphatic rings. The van der Waals surface area contributed by atoms with E-state index in [1.807, 2.05) is 0 Å². The van der Waals surface area contributed by atoms with Gasteiger partial charge in [-0.1, -0.05) is 15.9 Å². The highest BCUT2D eigenvalue weighted by atomic mass is 79.9. The maximum Gasteiger partial charge on any atom is 0.321 e. The Bertz CT molecular complexity index is 430. The quantitative estimate of drug-likeness (QED) is 0.645. The van der Waals surface area contributed by atoms with Crippen molar-refractivity contribution in [1.82, 2.24) is 15.1 Å². The Kier molecular flexibility index (Phi) is 4.68. The van der Waals surface area contributed by atoms with E-state index < -0.39 is 10.8 Å². The number of esters is 1. The summed E-state index contributed by atoms with van der Waals surface area (Å²) in [6, 6.07) is 1.68. The molecule has 17 heavy (non-hydrogen) atoms. The summed E-state index contributed by atoms with van der Waals surface area (Å²) in [7, 11) is 2.98. The smallest absolute Gasteiger partial charge is 0.321 e. The molecule has 0 spiro atoms. The van der Waals surface area contributed by atoms with Crippen molar-refractivity contribution in [3.8, 4) is 0 Å². The lowest BCUT2D eigenvalue weighted by Crippen LogP contribution is -2.34. The van der Waals surface area contributed by atoms with Crippen LogP contribution in [0.15, 0.2) is 6.07 Å². The Morgan fingerprint density at radius 1 is 1.65 bits per heavy atom. The topological polar surface area (TPSA) is 73.2 Å². The molecule has 0 bridgehead atoms. The summed E-state index contributed by atoms with van der Waals surface area (Å²) in [5.74, 6) is -0.701. The average molecular weight is 304 g/mol. The molecule has 7 heteroatoms. The number of hydrogen-bond acceptors (Lipinski definition) is 4. The summed E-state index contributed by atoms with van der Waals surface area (Å²) in [6.07, 6.45) is 0. The van der Waals surface area contributed by atoms with Crippen LogP contribution in [0.1, 0.15) is 16.2 Å². The summed E-state index contributed by atoms with van der Waals surface area (Å²) in [5, 5.41) is 6.68. The molecule has 1 rings (SSSR count). The average Bonchev–Trinajstić information content (AvgIpc) is 2.63. The lowest BCUT2D eigenvalue weighted by Gasteiger charge is -2.09. The van der Waals surface area contributed by atoms with Gasteiger partial charge in [0.05, 0.1) is 12.8 Å². The zero-order valence-electron chi connectivity index (χ0n) is 9.86. The number of nitrogens with zero attached hydrogens (tertiary/aromatic N) is 2. The fourth-order valence-corrected chi connectivity index (χ4v) is 1.66. The molecule has 0 radical (unpaired) electrons. The number of aromatic nitrogens is 2. The minimum Gasteiger partial charge on any atom is -0.468 e. The summed E-state index contributed by atoms with van der Waals surface area (Å²) in [5.41, 5.74) is 1.22. The molecule has 0 aliphatic carbocycles. The van der Waals surface area contributed by atoms with Crippen molar-refractivity contribution >= 4 is 27.8 Å². The van der Waals surface area contributed by atoms with E-state index in [1.165, 1.54) is 11.8 Å². The maximum absolute atomic E-state index is 11.7. The molecule has 1 aromatic rings. The molecule has 0 saturated carbocycles. The van der Waals surface area contributed by atoms with Crippen LogP contribution in [0.5, 0.6) is 0 Å². The predicted molar refractivity (Wildman–Crippen MR) is 65.0 cm³/mol. The van der Waals surface area contributed by atoms with Gasteiger partial charge in [-0.25, -0.2) is 0 Å². The summed E-state index contributed by atoms with van der Waals surface area (Å²) in [6.45, 7) is 1.97. The lowest BCUT2D eigenvalue weighted by atomic mass is 10.3. The third-order valence-corrected chi connectivity index (χ3v) is 2.83. The highest BCUT2D eigenvalue weighted by Crippen LogP contribution is 2.03. The van der Waals surface area contributed by atoms with Crippen LogP contribution in [-0.2, 0) is 16.6 Å². The Hall–Kier alpha value is -1.37. The van der Waals surface area contributed by atoms with Gasteiger partial charge in [0.2, 0.25) is 0 Å². The van der Waals surface area contributed by atoms with E-state index in [4.69, 9.17) is 0 Å². The zero-order valence-corrected chi connectivity index (χ0v) is 11.4. The summed E-state index contributed by atoms with van der Waals surface area (Å²) < 4.78 is 6.02. The van der Waals surface area contributed by atoms with Crippen molar-refractivity contribution in [1.29, 1.82) is 0 Å². The molecule has 0 aromatic carbocycles. The van der Waals surface area contributed by atoms with Gasteiger partial charge in [-0.3, -0.25) is 14.3 Å². The number of halogens is 1. The van der Waals surface area contributed by atoms with E-state index in [1.54, 1.807) is 20.0 Å². The minimum atomic E-state index is -0.550. The van der Waals surface area contributed by atoms with E-state index >= 15 is 0 Å². The summed E-state index contributed by atoms with van der Waals surface area (Å²) >= 11 is 3.12. The van der Waals surface area contributed by atoms with Crippen molar-refractivity contribution in [2.24, 2.45) is 7.05 Å². The number of carbonyl (C=O) groups is 2. The molecule has 0 saturated heterocycles. The molecular formula is C10H14BrN3O3. The van der Waals surface area contributed by atoms with Crippen LogP contribution in [0, 0.1) is 6.92 Å². The number of carbonyl (C=O) groups excluding carboxylic acids is 2. The predicted octanol–water partition coefficient (Wildman–Crippen LogP) is 0.395. The molecule has 6 nitrogen and oxygen atoms in total. The molecule has 94 valence electrons. The number of methoxy groups -OCH3 is 1. The van der Waals surface area contributed by atoms with E-state index in [9.17, 15) is 9.59 Å². The number of alkyl halides is 1. The molecule has 1 amide bonds. The molecule has 0 fully saturated rings. The van der Waals surface area contributed by atoms with Gasteiger partial charge < -0.3 is 10.1 Å². The van der Waals surface area contributed by atoms with Crippen LogP contribution < -0.4 is 5.32 Å². The van der Waals surface area contributed by atoms with Gasteiger partial charge in [0.1, 0.15) is 10.5 Å². The van der Waals surface area contributed by atoms with Gasteiger partial charge in [-0.05, 0) is 13.0 Å². The molecule has 1 heterocycles. The maximum atomic E-state index is 11.7. The zero-order chi connectivity index (χ0) is 13.0. The molecule has 0 aliphatic heterocycles. The number of rotatable bonds is 4. The van der Waals surface area contributed by atoms with Crippen LogP contribution in [0.3, 0.4) is 0 Å². The molecule has 1 atom stereocenters. The van der Waals surface area contributed by atoms with Crippen molar-refractivity contribution in [3.63, 3.8) is 0 Å². The second-order valence-corrected chi connectivity index (χ2v) is 4.60. The third-order valence-electron chi connectivity index (χ3n) is 2.13. The Morgan fingerprint density at radius 3 is 2.76 bits per heavy atom. The number of ether oxygens (including phenoxy) is 1. The van der Waals surface area contributed by atoms with Gasteiger partial charge >= 0.3 is 5.97 Å². The van der Waals surface area contributed by atoms with E-state index in [-0.39, 0.29) is 12.5 Å². The molecule has 1 aromatic heterocycles. The fraction of sp³-hybridized carbons (Fsp3) is 0.500. The largest absolute Gasteiger partial charge is 0.468 e. The van der Waals surface area contributed by atoms with Crippen LogP contribution in [0.2, 0.25) is 0 Å². The first-order valence-electron chi connectivity index (χ1n) is 4.96. The van der Waals surface area contributed by atoms with E-state index in [0.29, 0.717) is 5.69 Å². The SMILES string of the molecule is COC(=O)C(Br)CNC(=O)c1cc(C)nn1C. The van der Waals surface area contributed by atoms with Gasteiger partial charge in [-0.15, -0.1) is 0 Å². The first-order chi connectivity index (χ1) is 7.95. The molecule has 1 N–H and O–H groups in total. The van der Waals surface area contributed by atoms with Crippen LogP contribution in [0.25, 0.3) is 0 Å². The number of hydrogen-bond donors (Lipinski definition) is 1. The number of nitrogens with one attached hydrogen (secondary N) is 1. The second kappa shape index (κ2) is 5.81. The van der Waals surface area contributed by atoms with Crippen molar-refractivity contribution in [2.75, 3.05) is 13.7 Å². The number of aryl methyl sites for hydroxylation is 2.